The van der Waals surface area contributed by atoms with E-state index in [0.717, 1.165) is 6.54 Å². The molecule has 2 rings (SSSR count). The second-order valence-electron chi connectivity index (χ2n) is 3.57. The summed E-state index contributed by atoms with van der Waals surface area (Å²) in [7, 11) is 0. The Morgan fingerprint density at radius 3 is 3.06 bits per heavy atom. The van der Waals surface area contributed by atoms with E-state index in [9.17, 15) is 9.18 Å². The number of ketones is 1. The zero-order valence-corrected chi connectivity index (χ0v) is 9.01. The van der Waals surface area contributed by atoms with Crippen LogP contribution in [0.2, 0.25) is 0 Å². The lowest BCUT2D eigenvalue weighted by Crippen LogP contribution is -2.22. The number of H-pyrrole nitrogens is 1. The Hall–Kier alpha value is -1.68. The van der Waals surface area contributed by atoms with Gasteiger partial charge >= 0.3 is 0 Å². The number of aromatic amines is 1. The molecular weight excluding hydrogens is 207 g/mol. The van der Waals surface area contributed by atoms with Gasteiger partial charge in [-0.1, -0.05) is 19.1 Å². The molecule has 2 N–H and O–H groups in total. The van der Waals surface area contributed by atoms with Crippen LogP contribution in [0.25, 0.3) is 10.9 Å². The van der Waals surface area contributed by atoms with Gasteiger partial charge in [0.25, 0.3) is 0 Å². The lowest BCUT2D eigenvalue weighted by Gasteiger charge is -1.99. The first-order valence-electron chi connectivity index (χ1n) is 5.23. The maximum atomic E-state index is 13.4. The molecule has 1 aromatic heterocycles. The number of likely N-dealkylation sites (N-methyl/N-ethyl adjacent to an activating group) is 1. The van der Waals surface area contributed by atoms with E-state index in [2.05, 4.69) is 10.3 Å². The largest absolute Gasteiger partial charge is 0.358 e. The van der Waals surface area contributed by atoms with Crippen molar-refractivity contribution in [2.24, 2.45) is 0 Å². The van der Waals surface area contributed by atoms with Crippen LogP contribution in [0.1, 0.15) is 17.3 Å². The Morgan fingerprint density at radius 2 is 2.31 bits per heavy atom. The Kier molecular flexibility index (Phi) is 3.01. The number of carbonyl (C=O) groups excluding carboxylic acids is 1. The number of hydrogen-bond donors (Lipinski definition) is 2. The van der Waals surface area contributed by atoms with E-state index >= 15 is 0 Å². The summed E-state index contributed by atoms with van der Waals surface area (Å²) in [5, 5.41) is 3.60. The topological polar surface area (TPSA) is 44.9 Å². The van der Waals surface area contributed by atoms with Gasteiger partial charge in [-0.3, -0.25) is 4.79 Å². The summed E-state index contributed by atoms with van der Waals surface area (Å²) in [5.41, 5.74) is 0.929. The minimum atomic E-state index is -0.333. The van der Waals surface area contributed by atoms with Gasteiger partial charge in [0, 0.05) is 17.1 Å². The van der Waals surface area contributed by atoms with Crippen molar-refractivity contribution in [3.05, 3.63) is 35.8 Å². The molecule has 0 aliphatic carbocycles. The van der Waals surface area contributed by atoms with E-state index in [1.165, 1.54) is 6.07 Å². The van der Waals surface area contributed by atoms with Crippen LogP contribution < -0.4 is 5.32 Å². The Bertz CT molecular complexity index is 519. The number of fused-ring (bicyclic) bond motifs is 1. The van der Waals surface area contributed by atoms with Crippen molar-refractivity contribution >= 4 is 16.7 Å². The third-order valence-electron chi connectivity index (χ3n) is 2.50. The van der Waals surface area contributed by atoms with Crippen LogP contribution in [0.5, 0.6) is 0 Å². The fourth-order valence-electron chi connectivity index (χ4n) is 1.68. The third kappa shape index (κ3) is 1.84. The quantitative estimate of drug-likeness (QED) is 0.775. The molecule has 0 radical (unpaired) electrons. The van der Waals surface area contributed by atoms with Gasteiger partial charge in [0.2, 0.25) is 0 Å². The molecule has 0 spiro atoms. The molecule has 0 saturated carbocycles. The standard InChI is InChI=1S/C12H13FN2O/c1-2-14-7-11(16)9-6-15-12-8(9)4-3-5-10(12)13/h3-6,14-15H,2,7H2,1H3. The Morgan fingerprint density at radius 1 is 1.50 bits per heavy atom. The highest BCUT2D eigenvalue weighted by Crippen LogP contribution is 2.20. The first-order chi connectivity index (χ1) is 7.74. The number of Topliss-reactive ketones (excluding diaryl/α,β-unsaturated/α-hetero) is 1. The third-order valence-corrected chi connectivity index (χ3v) is 2.50. The number of para-hydroxylation sites is 1. The summed E-state index contributed by atoms with van der Waals surface area (Å²) in [4.78, 5) is 14.6. The van der Waals surface area contributed by atoms with Crippen molar-refractivity contribution in [3.63, 3.8) is 0 Å². The van der Waals surface area contributed by atoms with Gasteiger partial charge < -0.3 is 10.3 Å². The zero-order chi connectivity index (χ0) is 11.5. The van der Waals surface area contributed by atoms with E-state index in [1.54, 1.807) is 18.3 Å². The van der Waals surface area contributed by atoms with E-state index < -0.39 is 0 Å². The molecule has 84 valence electrons. The normalized spacial score (nSPS) is 10.9. The molecule has 2 aromatic rings. The summed E-state index contributed by atoms with van der Waals surface area (Å²) in [5.74, 6) is -0.362. The van der Waals surface area contributed by atoms with E-state index in [0.29, 0.717) is 16.5 Å². The zero-order valence-electron chi connectivity index (χ0n) is 9.01. The second kappa shape index (κ2) is 4.45. The molecule has 0 unspecified atom stereocenters. The van der Waals surface area contributed by atoms with Crippen LogP contribution >= 0.6 is 0 Å². The van der Waals surface area contributed by atoms with Gasteiger partial charge in [-0.25, -0.2) is 4.39 Å². The molecule has 16 heavy (non-hydrogen) atoms. The molecule has 0 amide bonds. The van der Waals surface area contributed by atoms with Crippen molar-refractivity contribution in [2.75, 3.05) is 13.1 Å². The molecule has 0 atom stereocenters. The van der Waals surface area contributed by atoms with E-state index in [4.69, 9.17) is 0 Å². The van der Waals surface area contributed by atoms with Crippen molar-refractivity contribution in [1.29, 1.82) is 0 Å². The highest BCUT2D eigenvalue weighted by Gasteiger charge is 2.12. The van der Waals surface area contributed by atoms with Crippen LogP contribution in [-0.2, 0) is 0 Å². The molecular formula is C12H13FN2O. The Labute approximate surface area is 92.7 Å². The lowest BCUT2D eigenvalue weighted by molar-refractivity contribution is 0.0993. The van der Waals surface area contributed by atoms with Gasteiger partial charge in [-0.2, -0.15) is 0 Å². The van der Waals surface area contributed by atoms with Crippen LogP contribution in [-0.4, -0.2) is 23.9 Å². The molecule has 1 aromatic carbocycles. The minimum absolute atomic E-state index is 0.0290. The number of benzene rings is 1. The van der Waals surface area contributed by atoms with Crippen LogP contribution in [0.3, 0.4) is 0 Å². The highest BCUT2D eigenvalue weighted by molar-refractivity contribution is 6.08. The van der Waals surface area contributed by atoms with Gasteiger partial charge in [0.1, 0.15) is 5.82 Å². The number of rotatable bonds is 4. The summed E-state index contributed by atoms with van der Waals surface area (Å²) < 4.78 is 13.4. The summed E-state index contributed by atoms with van der Waals surface area (Å²) in [6.45, 7) is 2.95. The SMILES string of the molecule is CCNCC(=O)c1c[nH]c2c(F)cccc12. The molecule has 0 aliphatic heterocycles. The maximum absolute atomic E-state index is 13.4. The van der Waals surface area contributed by atoms with Crippen molar-refractivity contribution in [1.82, 2.24) is 10.3 Å². The van der Waals surface area contributed by atoms with Crippen LogP contribution in [0.15, 0.2) is 24.4 Å². The molecule has 3 nitrogen and oxygen atoms in total. The fourth-order valence-corrected chi connectivity index (χ4v) is 1.68. The highest BCUT2D eigenvalue weighted by atomic mass is 19.1. The monoisotopic (exact) mass is 220 g/mol. The van der Waals surface area contributed by atoms with Gasteiger partial charge in [0.15, 0.2) is 5.78 Å². The predicted molar refractivity (Wildman–Crippen MR) is 61.1 cm³/mol. The smallest absolute Gasteiger partial charge is 0.178 e. The summed E-state index contributed by atoms with van der Waals surface area (Å²) in [6.07, 6.45) is 1.56. The number of nitrogens with one attached hydrogen (secondary N) is 2. The van der Waals surface area contributed by atoms with Gasteiger partial charge in [0.05, 0.1) is 12.1 Å². The first-order valence-corrected chi connectivity index (χ1v) is 5.23. The molecule has 0 fully saturated rings. The molecule has 4 heteroatoms. The maximum Gasteiger partial charge on any atom is 0.178 e. The van der Waals surface area contributed by atoms with E-state index in [-0.39, 0.29) is 18.1 Å². The number of hydrogen-bond acceptors (Lipinski definition) is 2. The predicted octanol–water partition coefficient (Wildman–Crippen LogP) is 2.10. The molecule has 0 saturated heterocycles. The number of halogens is 1. The molecule has 1 heterocycles. The average Bonchev–Trinajstić information content (AvgIpc) is 2.71. The summed E-state index contributed by atoms with van der Waals surface area (Å²) >= 11 is 0. The molecule has 0 bridgehead atoms. The Balaban J connectivity index is 2.38. The fraction of sp³-hybridized carbons (Fsp3) is 0.250. The van der Waals surface area contributed by atoms with Gasteiger partial charge in [-0.05, 0) is 12.6 Å². The van der Waals surface area contributed by atoms with Crippen molar-refractivity contribution in [3.8, 4) is 0 Å². The number of carbonyl (C=O) groups is 1. The lowest BCUT2D eigenvalue weighted by atomic mass is 10.1. The van der Waals surface area contributed by atoms with E-state index in [1.807, 2.05) is 6.92 Å². The van der Waals surface area contributed by atoms with Crippen LogP contribution in [0.4, 0.5) is 4.39 Å². The second-order valence-corrected chi connectivity index (χ2v) is 3.57. The summed E-state index contributed by atoms with van der Waals surface area (Å²) in [6, 6.07) is 4.72. The van der Waals surface area contributed by atoms with Crippen LogP contribution in [0, 0.1) is 5.82 Å². The number of aromatic nitrogens is 1. The first kappa shape index (κ1) is 10.8. The average molecular weight is 220 g/mol. The van der Waals surface area contributed by atoms with Gasteiger partial charge in [-0.15, -0.1) is 0 Å². The van der Waals surface area contributed by atoms with Crippen molar-refractivity contribution in [2.45, 2.75) is 6.92 Å². The van der Waals surface area contributed by atoms with Crippen molar-refractivity contribution < 1.29 is 9.18 Å². The minimum Gasteiger partial charge on any atom is -0.358 e. The molecule has 0 aliphatic rings.